The summed E-state index contributed by atoms with van der Waals surface area (Å²) in [6.07, 6.45) is -0.0755. The summed E-state index contributed by atoms with van der Waals surface area (Å²) in [5.41, 5.74) is 0.160. The molecule has 1 rings (SSSR count). The number of esters is 1. The van der Waals surface area contributed by atoms with Crippen molar-refractivity contribution >= 4 is 23.3 Å². The van der Waals surface area contributed by atoms with Crippen molar-refractivity contribution in [2.45, 2.75) is 19.8 Å². The zero-order valence-electron chi connectivity index (χ0n) is 11.8. The molecule has 0 aliphatic heterocycles. The number of anilines is 1. The number of carbonyl (C=O) groups excluding carboxylic acids is 2. The van der Waals surface area contributed by atoms with Crippen LogP contribution in [0.2, 0.25) is 0 Å². The molecular formula is C13H16N2O6. The van der Waals surface area contributed by atoms with Gasteiger partial charge in [0.05, 0.1) is 36.8 Å². The van der Waals surface area contributed by atoms with Gasteiger partial charge < -0.3 is 14.8 Å². The molecule has 0 heterocycles. The highest BCUT2D eigenvalue weighted by molar-refractivity contribution is 5.94. The molecule has 0 unspecified atom stereocenters. The van der Waals surface area contributed by atoms with Gasteiger partial charge in [-0.2, -0.15) is 0 Å². The van der Waals surface area contributed by atoms with Gasteiger partial charge in [-0.1, -0.05) is 0 Å². The highest BCUT2D eigenvalue weighted by Crippen LogP contribution is 2.29. The summed E-state index contributed by atoms with van der Waals surface area (Å²) in [7, 11) is 1.34. The van der Waals surface area contributed by atoms with E-state index in [-0.39, 0.29) is 30.9 Å². The molecule has 1 aromatic rings. The average molecular weight is 296 g/mol. The van der Waals surface area contributed by atoms with Crippen LogP contribution in [-0.2, 0) is 14.3 Å². The maximum atomic E-state index is 11.7. The van der Waals surface area contributed by atoms with E-state index in [1.165, 1.54) is 25.3 Å². The molecule has 21 heavy (non-hydrogen) atoms. The van der Waals surface area contributed by atoms with Crippen LogP contribution in [-0.4, -0.2) is 30.5 Å². The zero-order valence-corrected chi connectivity index (χ0v) is 11.8. The Morgan fingerprint density at radius 1 is 1.33 bits per heavy atom. The van der Waals surface area contributed by atoms with Crippen LogP contribution in [0.4, 0.5) is 11.4 Å². The highest BCUT2D eigenvalue weighted by atomic mass is 16.6. The molecule has 0 aromatic heterocycles. The van der Waals surface area contributed by atoms with Crippen molar-refractivity contribution in [2.24, 2.45) is 0 Å². The molecule has 0 spiro atoms. The van der Waals surface area contributed by atoms with Crippen LogP contribution in [0.15, 0.2) is 18.2 Å². The number of carbonyl (C=O) groups is 2. The molecule has 0 bridgehead atoms. The Morgan fingerprint density at radius 2 is 2.05 bits per heavy atom. The Balaban J connectivity index is 2.67. The molecule has 0 aliphatic rings. The molecule has 1 N–H and O–H groups in total. The third kappa shape index (κ3) is 5.09. The number of non-ortho nitro benzene ring substituents is 1. The van der Waals surface area contributed by atoms with Gasteiger partial charge in [-0.25, -0.2) is 0 Å². The first-order chi connectivity index (χ1) is 9.97. The molecule has 8 nitrogen and oxygen atoms in total. The van der Waals surface area contributed by atoms with Gasteiger partial charge in [0, 0.05) is 12.5 Å². The molecule has 0 atom stereocenters. The molecule has 0 saturated carbocycles. The van der Waals surface area contributed by atoms with Gasteiger partial charge in [0.25, 0.3) is 5.69 Å². The summed E-state index contributed by atoms with van der Waals surface area (Å²) < 4.78 is 9.70. The van der Waals surface area contributed by atoms with Crippen molar-refractivity contribution in [3.05, 3.63) is 28.3 Å². The average Bonchev–Trinajstić information content (AvgIpc) is 2.45. The van der Waals surface area contributed by atoms with Gasteiger partial charge >= 0.3 is 5.97 Å². The standard InChI is InChI=1S/C13H16N2O6/c1-3-21-13(17)7-6-12(16)14-10-5-4-9(15(18)19)8-11(10)20-2/h4-5,8H,3,6-7H2,1-2H3,(H,14,16). The summed E-state index contributed by atoms with van der Waals surface area (Å²) in [6.45, 7) is 1.94. The molecule has 114 valence electrons. The van der Waals surface area contributed by atoms with Gasteiger partial charge in [-0.3, -0.25) is 19.7 Å². The second kappa shape index (κ2) is 7.83. The van der Waals surface area contributed by atoms with Gasteiger partial charge in [-0.05, 0) is 13.0 Å². The Hall–Kier alpha value is -2.64. The number of benzene rings is 1. The fourth-order valence-electron chi connectivity index (χ4n) is 1.56. The lowest BCUT2D eigenvalue weighted by molar-refractivity contribution is -0.384. The van der Waals surface area contributed by atoms with Crippen molar-refractivity contribution in [1.82, 2.24) is 0 Å². The third-order valence-electron chi connectivity index (χ3n) is 2.53. The second-order valence-corrected chi connectivity index (χ2v) is 3.99. The van der Waals surface area contributed by atoms with Crippen LogP contribution in [0.3, 0.4) is 0 Å². The van der Waals surface area contributed by atoms with Gasteiger partial charge in [-0.15, -0.1) is 0 Å². The number of rotatable bonds is 7. The van der Waals surface area contributed by atoms with Gasteiger partial charge in [0.2, 0.25) is 5.91 Å². The molecule has 0 saturated heterocycles. The van der Waals surface area contributed by atoms with E-state index in [4.69, 9.17) is 9.47 Å². The summed E-state index contributed by atoms with van der Waals surface area (Å²) in [5.74, 6) is -0.688. The zero-order chi connectivity index (χ0) is 15.8. The van der Waals surface area contributed by atoms with Crippen LogP contribution in [0.1, 0.15) is 19.8 Å². The van der Waals surface area contributed by atoms with Gasteiger partial charge in [0.1, 0.15) is 5.75 Å². The van der Waals surface area contributed by atoms with E-state index in [2.05, 4.69) is 5.32 Å². The third-order valence-corrected chi connectivity index (χ3v) is 2.53. The second-order valence-electron chi connectivity index (χ2n) is 3.99. The van der Waals surface area contributed by atoms with Gasteiger partial charge in [0.15, 0.2) is 0 Å². The smallest absolute Gasteiger partial charge is 0.306 e. The van der Waals surface area contributed by atoms with Crippen LogP contribution in [0.5, 0.6) is 5.75 Å². The largest absolute Gasteiger partial charge is 0.494 e. The Labute approximate surface area is 121 Å². The Kier molecular flexibility index (Phi) is 6.12. The topological polar surface area (TPSA) is 108 Å². The number of nitro benzene ring substituents is 1. The van der Waals surface area contributed by atoms with E-state index in [0.717, 1.165) is 0 Å². The molecule has 8 heteroatoms. The van der Waals surface area contributed by atoms with E-state index in [0.29, 0.717) is 5.69 Å². The van der Waals surface area contributed by atoms with Crippen LogP contribution < -0.4 is 10.1 Å². The maximum absolute atomic E-state index is 11.7. The van der Waals surface area contributed by atoms with E-state index in [1.807, 2.05) is 0 Å². The number of methoxy groups -OCH3 is 1. The number of nitrogens with zero attached hydrogens (tertiary/aromatic N) is 1. The van der Waals surface area contributed by atoms with Crippen molar-refractivity contribution < 1.29 is 24.0 Å². The molecule has 1 amide bonds. The number of nitro groups is 1. The number of hydrogen-bond acceptors (Lipinski definition) is 6. The van der Waals surface area contributed by atoms with E-state index >= 15 is 0 Å². The minimum atomic E-state index is -0.561. The first-order valence-electron chi connectivity index (χ1n) is 6.25. The first-order valence-corrected chi connectivity index (χ1v) is 6.25. The molecule has 1 aromatic carbocycles. The highest BCUT2D eigenvalue weighted by Gasteiger charge is 2.14. The van der Waals surface area contributed by atoms with Crippen molar-refractivity contribution in [1.29, 1.82) is 0 Å². The molecule has 0 fully saturated rings. The first kappa shape index (κ1) is 16.4. The molecular weight excluding hydrogens is 280 g/mol. The fraction of sp³-hybridized carbons (Fsp3) is 0.385. The minimum Gasteiger partial charge on any atom is -0.494 e. The Morgan fingerprint density at radius 3 is 2.62 bits per heavy atom. The number of amides is 1. The summed E-state index contributed by atoms with van der Waals surface area (Å²) in [4.78, 5) is 32.9. The van der Waals surface area contributed by atoms with E-state index < -0.39 is 16.8 Å². The summed E-state index contributed by atoms with van der Waals surface area (Å²) in [6, 6.07) is 3.84. The summed E-state index contributed by atoms with van der Waals surface area (Å²) in [5, 5.41) is 13.2. The van der Waals surface area contributed by atoms with Crippen molar-refractivity contribution in [2.75, 3.05) is 19.0 Å². The fourth-order valence-corrected chi connectivity index (χ4v) is 1.56. The molecule has 0 radical (unpaired) electrons. The Bertz CT molecular complexity index is 543. The minimum absolute atomic E-state index is 0.0328. The normalized spacial score (nSPS) is 9.81. The van der Waals surface area contributed by atoms with Crippen molar-refractivity contribution in [3.63, 3.8) is 0 Å². The molecule has 0 aliphatic carbocycles. The van der Waals surface area contributed by atoms with Crippen LogP contribution in [0.25, 0.3) is 0 Å². The maximum Gasteiger partial charge on any atom is 0.306 e. The van der Waals surface area contributed by atoms with E-state index in [1.54, 1.807) is 6.92 Å². The number of hydrogen-bond donors (Lipinski definition) is 1. The number of ether oxygens (including phenoxy) is 2. The lowest BCUT2D eigenvalue weighted by Crippen LogP contribution is -2.15. The SMILES string of the molecule is CCOC(=O)CCC(=O)Nc1ccc([N+](=O)[O-])cc1OC. The lowest BCUT2D eigenvalue weighted by Gasteiger charge is -2.09. The number of nitrogens with one attached hydrogen (secondary N) is 1. The monoisotopic (exact) mass is 296 g/mol. The summed E-state index contributed by atoms with van der Waals surface area (Å²) >= 11 is 0. The lowest BCUT2D eigenvalue weighted by atomic mass is 10.2. The quantitative estimate of drug-likeness (QED) is 0.467. The van der Waals surface area contributed by atoms with E-state index in [9.17, 15) is 19.7 Å². The predicted octanol–water partition coefficient (Wildman–Crippen LogP) is 1.89. The van der Waals surface area contributed by atoms with Crippen LogP contribution in [0, 0.1) is 10.1 Å². The van der Waals surface area contributed by atoms with Crippen molar-refractivity contribution in [3.8, 4) is 5.75 Å². The van der Waals surface area contributed by atoms with Crippen LogP contribution >= 0.6 is 0 Å². The predicted molar refractivity (Wildman–Crippen MR) is 74.1 cm³/mol.